The Morgan fingerprint density at radius 2 is 2.10 bits per heavy atom. The van der Waals surface area contributed by atoms with Gasteiger partial charge in [0.1, 0.15) is 6.10 Å². The van der Waals surface area contributed by atoms with Crippen molar-refractivity contribution in [3.63, 3.8) is 0 Å². The van der Waals surface area contributed by atoms with Crippen molar-refractivity contribution >= 4 is 0 Å². The van der Waals surface area contributed by atoms with E-state index in [1.807, 2.05) is 18.7 Å². The Hall–Kier alpha value is -1.73. The summed E-state index contributed by atoms with van der Waals surface area (Å²) in [6.07, 6.45) is 2.04. The Kier molecular flexibility index (Phi) is 3.77. The fraction of sp³-hybridized carbons (Fsp3) is 0.643. The summed E-state index contributed by atoms with van der Waals surface area (Å²) in [5, 5.41) is 12.4. The quantitative estimate of drug-likeness (QED) is 0.851. The fourth-order valence-corrected chi connectivity index (χ4v) is 2.79. The molecular weight excluding hydrogens is 270 g/mol. The van der Waals surface area contributed by atoms with Crippen molar-refractivity contribution in [1.82, 2.24) is 24.9 Å². The summed E-state index contributed by atoms with van der Waals surface area (Å²) >= 11 is 0. The zero-order valence-corrected chi connectivity index (χ0v) is 12.9. The molecule has 0 N–H and O–H groups in total. The lowest BCUT2D eigenvalue weighted by atomic mass is 10.1. The number of nitrogens with zero attached hydrogens (tertiary/aromatic N) is 5. The molecule has 7 nitrogen and oxygen atoms in total. The standard InChI is InChI=1S/C14H21N5O2/c1-9-5-19(7-12-6-18(4)17-10(12)2)8-13(20-9)14-16-15-11(3)21-14/h6,9,13H,5,7-8H2,1-4H3/t9-,13-/m1/s1. The Bertz CT molecular complexity index is 621. The van der Waals surface area contributed by atoms with Crippen molar-refractivity contribution in [3.8, 4) is 0 Å². The third-order valence-electron chi connectivity index (χ3n) is 3.66. The molecule has 3 heterocycles. The predicted molar refractivity (Wildman–Crippen MR) is 75.5 cm³/mol. The highest BCUT2D eigenvalue weighted by molar-refractivity contribution is 5.15. The summed E-state index contributed by atoms with van der Waals surface area (Å²) in [6, 6.07) is 0. The first-order valence-electron chi connectivity index (χ1n) is 7.18. The minimum Gasteiger partial charge on any atom is -0.423 e. The lowest BCUT2D eigenvalue weighted by molar-refractivity contribution is -0.0918. The van der Waals surface area contributed by atoms with Gasteiger partial charge in [-0.15, -0.1) is 10.2 Å². The number of morpholine rings is 1. The Balaban J connectivity index is 1.72. The van der Waals surface area contributed by atoms with Gasteiger partial charge in [-0.3, -0.25) is 9.58 Å². The third-order valence-corrected chi connectivity index (χ3v) is 3.66. The van der Waals surface area contributed by atoms with E-state index >= 15 is 0 Å². The molecule has 0 spiro atoms. The van der Waals surface area contributed by atoms with Gasteiger partial charge in [-0.25, -0.2) is 0 Å². The number of hydrogen-bond donors (Lipinski definition) is 0. The molecule has 2 atom stereocenters. The van der Waals surface area contributed by atoms with Gasteiger partial charge >= 0.3 is 0 Å². The van der Waals surface area contributed by atoms with Crippen LogP contribution in [0.25, 0.3) is 0 Å². The van der Waals surface area contributed by atoms with Crippen molar-refractivity contribution in [3.05, 3.63) is 29.2 Å². The number of hydrogen-bond acceptors (Lipinski definition) is 6. The van der Waals surface area contributed by atoms with E-state index in [9.17, 15) is 0 Å². The Labute approximate surface area is 123 Å². The largest absolute Gasteiger partial charge is 0.423 e. The summed E-state index contributed by atoms with van der Waals surface area (Å²) in [5.74, 6) is 1.13. The zero-order valence-electron chi connectivity index (χ0n) is 12.9. The molecule has 1 aliphatic heterocycles. The minimum atomic E-state index is -0.160. The van der Waals surface area contributed by atoms with Crippen LogP contribution in [-0.4, -0.2) is 44.1 Å². The molecule has 1 aliphatic rings. The first-order valence-corrected chi connectivity index (χ1v) is 7.18. The maximum Gasteiger partial charge on any atom is 0.246 e. The van der Waals surface area contributed by atoms with E-state index in [0.29, 0.717) is 11.8 Å². The van der Waals surface area contributed by atoms with Crippen LogP contribution < -0.4 is 0 Å². The van der Waals surface area contributed by atoms with E-state index in [1.165, 1.54) is 5.56 Å². The molecule has 114 valence electrons. The average Bonchev–Trinajstić information content (AvgIpc) is 2.95. The number of aromatic nitrogens is 4. The zero-order chi connectivity index (χ0) is 15.0. The fourth-order valence-electron chi connectivity index (χ4n) is 2.79. The molecule has 0 radical (unpaired) electrons. The second-order valence-electron chi connectivity index (χ2n) is 5.70. The molecule has 1 fully saturated rings. The summed E-state index contributed by atoms with van der Waals surface area (Å²) in [5.41, 5.74) is 2.31. The first kappa shape index (κ1) is 14.2. The first-order chi connectivity index (χ1) is 10.0. The molecular formula is C14H21N5O2. The van der Waals surface area contributed by atoms with Gasteiger partial charge in [-0.2, -0.15) is 5.10 Å². The highest BCUT2D eigenvalue weighted by atomic mass is 16.5. The van der Waals surface area contributed by atoms with Crippen LogP contribution in [0, 0.1) is 13.8 Å². The van der Waals surface area contributed by atoms with Crippen LogP contribution in [0.2, 0.25) is 0 Å². The molecule has 0 bridgehead atoms. The normalized spacial score (nSPS) is 23.6. The molecule has 0 aliphatic carbocycles. The maximum atomic E-state index is 5.93. The molecule has 7 heteroatoms. The van der Waals surface area contributed by atoms with Crippen LogP contribution in [0.15, 0.2) is 10.6 Å². The van der Waals surface area contributed by atoms with E-state index in [-0.39, 0.29) is 12.2 Å². The summed E-state index contributed by atoms with van der Waals surface area (Å²) in [4.78, 5) is 2.35. The number of ether oxygens (including phenoxy) is 1. The smallest absolute Gasteiger partial charge is 0.246 e. The number of rotatable bonds is 3. The van der Waals surface area contributed by atoms with Crippen LogP contribution in [0.5, 0.6) is 0 Å². The maximum absolute atomic E-state index is 5.93. The summed E-state index contributed by atoms with van der Waals surface area (Å²) in [7, 11) is 1.95. The highest BCUT2D eigenvalue weighted by Gasteiger charge is 2.30. The third kappa shape index (κ3) is 3.14. The van der Waals surface area contributed by atoms with Crippen molar-refractivity contribution < 1.29 is 9.15 Å². The average molecular weight is 291 g/mol. The molecule has 0 saturated carbocycles. The van der Waals surface area contributed by atoms with Gasteiger partial charge in [0.25, 0.3) is 0 Å². The molecule has 2 aromatic heterocycles. The van der Waals surface area contributed by atoms with E-state index in [4.69, 9.17) is 9.15 Å². The molecule has 2 aromatic rings. The van der Waals surface area contributed by atoms with Gasteiger partial charge < -0.3 is 9.15 Å². The van der Waals surface area contributed by atoms with Crippen molar-refractivity contribution in [2.24, 2.45) is 7.05 Å². The lowest BCUT2D eigenvalue weighted by Gasteiger charge is -2.35. The molecule has 1 saturated heterocycles. The summed E-state index contributed by atoms with van der Waals surface area (Å²) in [6.45, 7) is 8.39. The van der Waals surface area contributed by atoms with E-state index in [1.54, 1.807) is 6.92 Å². The van der Waals surface area contributed by atoms with Gasteiger partial charge in [0.05, 0.1) is 11.8 Å². The van der Waals surface area contributed by atoms with Gasteiger partial charge in [0.2, 0.25) is 11.8 Å². The second-order valence-corrected chi connectivity index (χ2v) is 5.70. The summed E-state index contributed by atoms with van der Waals surface area (Å²) < 4.78 is 13.3. The van der Waals surface area contributed by atoms with Crippen LogP contribution in [0.1, 0.15) is 36.1 Å². The topological polar surface area (TPSA) is 69.2 Å². The van der Waals surface area contributed by atoms with Crippen LogP contribution in [0.4, 0.5) is 0 Å². The van der Waals surface area contributed by atoms with Gasteiger partial charge in [-0.1, -0.05) is 0 Å². The molecule has 21 heavy (non-hydrogen) atoms. The van der Waals surface area contributed by atoms with Gasteiger partial charge in [-0.05, 0) is 13.8 Å². The Morgan fingerprint density at radius 3 is 2.71 bits per heavy atom. The molecule has 0 unspecified atom stereocenters. The molecule has 3 rings (SSSR count). The van der Waals surface area contributed by atoms with Crippen LogP contribution >= 0.6 is 0 Å². The van der Waals surface area contributed by atoms with Crippen molar-refractivity contribution in [1.29, 1.82) is 0 Å². The second kappa shape index (κ2) is 5.57. The van der Waals surface area contributed by atoms with Gasteiger partial charge in [0.15, 0.2) is 0 Å². The Morgan fingerprint density at radius 1 is 1.29 bits per heavy atom. The van der Waals surface area contributed by atoms with Crippen LogP contribution in [-0.2, 0) is 18.3 Å². The highest BCUT2D eigenvalue weighted by Crippen LogP contribution is 2.25. The monoisotopic (exact) mass is 291 g/mol. The predicted octanol–water partition coefficient (Wildman–Crippen LogP) is 1.38. The molecule has 0 amide bonds. The van der Waals surface area contributed by atoms with E-state index in [0.717, 1.165) is 25.3 Å². The number of aryl methyl sites for hydroxylation is 3. The minimum absolute atomic E-state index is 0.132. The molecule has 0 aromatic carbocycles. The van der Waals surface area contributed by atoms with Crippen molar-refractivity contribution in [2.45, 2.75) is 39.5 Å². The van der Waals surface area contributed by atoms with E-state index in [2.05, 4.69) is 33.3 Å². The van der Waals surface area contributed by atoms with Gasteiger partial charge in [0, 0.05) is 45.4 Å². The van der Waals surface area contributed by atoms with E-state index < -0.39 is 0 Å². The SMILES string of the molecule is Cc1nnc([C@H]2CN(Cc3cn(C)nc3C)C[C@@H](C)O2)o1. The lowest BCUT2D eigenvalue weighted by Crippen LogP contribution is -2.42. The van der Waals surface area contributed by atoms with Crippen LogP contribution in [0.3, 0.4) is 0 Å². The van der Waals surface area contributed by atoms with Crippen molar-refractivity contribution in [2.75, 3.05) is 13.1 Å².